The Morgan fingerprint density at radius 3 is 2.06 bits per heavy atom. The average molecular weight is 225 g/mol. The van der Waals surface area contributed by atoms with E-state index in [4.69, 9.17) is 27.1 Å². The molecule has 0 radical (unpaired) electrons. The molecule has 0 spiro atoms. The number of hydrogen-bond acceptors (Lipinski definition) is 4. The summed E-state index contributed by atoms with van der Waals surface area (Å²) < 4.78 is 0. The van der Waals surface area contributed by atoms with Crippen LogP contribution < -0.4 is 11.5 Å². The summed E-state index contributed by atoms with van der Waals surface area (Å²) in [6, 6.07) is 8.10. The number of rotatable bonds is 3. The largest absolute Gasteiger partial charge is 0.480 e. The number of benzene rings is 1. The molecule has 7 N–H and O–H groups in total. The first kappa shape index (κ1) is 14.1. The van der Waals surface area contributed by atoms with E-state index >= 15 is 0 Å². The molecule has 0 bridgehead atoms. The number of aliphatic hydroxyl groups excluding tert-OH is 1. The van der Waals surface area contributed by atoms with E-state index in [1.807, 2.05) is 30.3 Å². The van der Waals surface area contributed by atoms with Crippen LogP contribution in [0.3, 0.4) is 0 Å². The molecule has 1 rings (SSSR count). The standard InChI is InChI=1S/C7H8N2.C3H7NO3/c8-7(9)6-4-2-1-3-5-6;4-2(1-5)3(6)7/h1-5H,(H3,8,9);2,5H,1,4H2,(H,6,7). The monoisotopic (exact) mass is 225 g/mol. The van der Waals surface area contributed by atoms with E-state index in [2.05, 4.69) is 0 Å². The topological polar surface area (TPSA) is 133 Å². The van der Waals surface area contributed by atoms with E-state index in [0.717, 1.165) is 5.56 Å². The first-order valence-electron chi connectivity index (χ1n) is 4.47. The van der Waals surface area contributed by atoms with Crippen molar-refractivity contribution in [3.05, 3.63) is 35.9 Å². The number of carbonyl (C=O) groups is 1. The second-order valence-corrected chi connectivity index (χ2v) is 2.91. The summed E-state index contributed by atoms with van der Waals surface area (Å²) in [6.45, 7) is -0.505. The highest BCUT2D eigenvalue weighted by atomic mass is 16.4. The van der Waals surface area contributed by atoms with Gasteiger partial charge in [-0.2, -0.15) is 0 Å². The van der Waals surface area contributed by atoms with Gasteiger partial charge in [0.25, 0.3) is 0 Å². The zero-order chi connectivity index (χ0) is 12.6. The molecule has 0 saturated carbocycles. The number of nitrogen functional groups attached to an aromatic ring is 1. The van der Waals surface area contributed by atoms with E-state index in [1.165, 1.54) is 0 Å². The molecular weight excluding hydrogens is 210 g/mol. The van der Waals surface area contributed by atoms with E-state index < -0.39 is 18.6 Å². The van der Waals surface area contributed by atoms with Crippen LogP contribution in [0.15, 0.2) is 30.3 Å². The van der Waals surface area contributed by atoms with Crippen molar-refractivity contribution in [1.82, 2.24) is 0 Å². The molecule has 1 aromatic rings. The molecule has 0 aliphatic rings. The van der Waals surface area contributed by atoms with Gasteiger partial charge in [0.15, 0.2) is 0 Å². The van der Waals surface area contributed by atoms with Gasteiger partial charge in [-0.1, -0.05) is 30.3 Å². The van der Waals surface area contributed by atoms with E-state index in [9.17, 15) is 4.79 Å². The molecule has 6 heteroatoms. The third-order valence-corrected chi connectivity index (χ3v) is 1.60. The Labute approximate surface area is 93.0 Å². The lowest BCUT2D eigenvalue weighted by atomic mass is 10.2. The molecule has 0 heterocycles. The van der Waals surface area contributed by atoms with Gasteiger partial charge in [-0.05, 0) is 0 Å². The van der Waals surface area contributed by atoms with Crippen LogP contribution in [-0.2, 0) is 4.79 Å². The fourth-order valence-electron chi connectivity index (χ4n) is 0.696. The number of aliphatic carboxylic acids is 1. The Bertz CT molecular complexity index is 340. The van der Waals surface area contributed by atoms with Crippen molar-refractivity contribution in [1.29, 1.82) is 5.41 Å². The van der Waals surface area contributed by atoms with Crippen LogP contribution in [0, 0.1) is 5.41 Å². The highest BCUT2D eigenvalue weighted by Crippen LogP contribution is 1.94. The summed E-state index contributed by atoms with van der Waals surface area (Å²) in [5.41, 5.74) is 10.7. The summed E-state index contributed by atoms with van der Waals surface area (Å²) >= 11 is 0. The average Bonchev–Trinajstić information content (AvgIpc) is 2.29. The number of carboxylic acid groups (broad SMARTS) is 1. The van der Waals surface area contributed by atoms with Crippen LogP contribution in [0.4, 0.5) is 0 Å². The molecule has 0 aromatic heterocycles. The van der Waals surface area contributed by atoms with Crippen LogP contribution in [-0.4, -0.2) is 34.7 Å². The van der Waals surface area contributed by atoms with Gasteiger partial charge in [0.05, 0.1) is 6.61 Å². The lowest BCUT2D eigenvalue weighted by Gasteiger charge is -1.96. The number of nitrogens with one attached hydrogen (secondary N) is 1. The third-order valence-electron chi connectivity index (χ3n) is 1.60. The molecule has 0 amide bonds. The molecule has 1 atom stereocenters. The summed E-state index contributed by atoms with van der Waals surface area (Å²) in [7, 11) is 0. The number of nitrogens with two attached hydrogens (primary N) is 2. The maximum Gasteiger partial charge on any atom is 0.322 e. The van der Waals surface area contributed by atoms with Gasteiger partial charge < -0.3 is 21.7 Å². The second-order valence-electron chi connectivity index (χ2n) is 2.91. The van der Waals surface area contributed by atoms with Crippen LogP contribution >= 0.6 is 0 Å². The maximum absolute atomic E-state index is 9.65. The molecule has 6 nitrogen and oxygen atoms in total. The normalized spacial score (nSPS) is 10.9. The fraction of sp³-hybridized carbons (Fsp3) is 0.200. The van der Waals surface area contributed by atoms with E-state index in [1.54, 1.807) is 0 Å². The van der Waals surface area contributed by atoms with Gasteiger partial charge in [-0.25, -0.2) is 0 Å². The summed E-state index contributed by atoms with van der Waals surface area (Å²) in [5.74, 6) is -1.06. The Kier molecular flexibility index (Phi) is 6.50. The van der Waals surface area contributed by atoms with Crippen LogP contribution in [0.5, 0.6) is 0 Å². The molecule has 0 aliphatic carbocycles. The Balaban J connectivity index is 0.000000293. The number of amidine groups is 1. The Morgan fingerprint density at radius 1 is 1.38 bits per heavy atom. The van der Waals surface area contributed by atoms with Crippen molar-refractivity contribution >= 4 is 11.8 Å². The minimum absolute atomic E-state index is 0.121. The van der Waals surface area contributed by atoms with Crippen molar-refractivity contribution in [2.75, 3.05) is 6.61 Å². The van der Waals surface area contributed by atoms with Gasteiger partial charge in [0.1, 0.15) is 11.9 Å². The molecular formula is C10H15N3O3. The smallest absolute Gasteiger partial charge is 0.322 e. The highest BCUT2D eigenvalue weighted by molar-refractivity contribution is 5.94. The van der Waals surface area contributed by atoms with Crippen molar-refractivity contribution in [2.24, 2.45) is 11.5 Å². The van der Waals surface area contributed by atoms with Crippen LogP contribution in [0.1, 0.15) is 5.56 Å². The Morgan fingerprint density at radius 2 is 1.88 bits per heavy atom. The van der Waals surface area contributed by atoms with E-state index in [0.29, 0.717) is 0 Å². The molecule has 1 aromatic carbocycles. The molecule has 0 aliphatic heterocycles. The van der Waals surface area contributed by atoms with Gasteiger partial charge in [-0.3, -0.25) is 10.2 Å². The zero-order valence-electron chi connectivity index (χ0n) is 8.63. The second kappa shape index (κ2) is 7.38. The predicted molar refractivity (Wildman–Crippen MR) is 60.2 cm³/mol. The minimum atomic E-state index is -1.18. The molecule has 16 heavy (non-hydrogen) atoms. The van der Waals surface area contributed by atoms with Crippen molar-refractivity contribution in [2.45, 2.75) is 6.04 Å². The highest BCUT2D eigenvalue weighted by Gasteiger charge is 2.06. The quantitative estimate of drug-likeness (QED) is 0.344. The molecule has 1 unspecified atom stereocenters. The summed E-state index contributed by atoms with van der Waals surface area (Å²) in [4.78, 5) is 9.65. The van der Waals surface area contributed by atoms with Gasteiger partial charge in [-0.15, -0.1) is 0 Å². The minimum Gasteiger partial charge on any atom is -0.480 e. The summed E-state index contributed by atoms with van der Waals surface area (Å²) in [5, 5.41) is 22.9. The van der Waals surface area contributed by atoms with Gasteiger partial charge >= 0.3 is 5.97 Å². The number of aliphatic hydroxyl groups is 1. The lowest BCUT2D eigenvalue weighted by molar-refractivity contribution is -0.139. The third kappa shape index (κ3) is 5.74. The Hall–Kier alpha value is -1.92. The number of carboxylic acids is 1. The van der Waals surface area contributed by atoms with Crippen molar-refractivity contribution in [3.8, 4) is 0 Å². The summed E-state index contributed by atoms with van der Waals surface area (Å²) in [6.07, 6.45) is 0. The van der Waals surface area contributed by atoms with Crippen molar-refractivity contribution < 1.29 is 15.0 Å². The lowest BCUT2D eigenvalue weighted by Crippen LogP contribution is -2.33. The SMILES string of the molecule is N=C(N)c1ccccc1.NC(CO)C(=O)O. The molecule has 88 valence electrons. The first-order valence-corrected chi connectivity index (χ1v) is 4.47. The molecule has 0 saturated heterocycles. The molecule has 0 fully saturated rings. The fourth-order valence-corrected chi connectivity index (χ4v) is 0.696. The maximum atomic E-state index is 9.65. The van der Waals surface area contributed by atoms with Gasteiger partial charge in [0, 0.05) is 5.56 Å². The van der Waals surface area contributed by atoms with Crippen LogP contribution in [0.25, 0.3) is 0 Å². The number of hydrogen-bond donors (Lipinski definition) is 5. The van der Waals surface area contributed by atoms with Crippen LogP contribution in [0.2, 0.25) is 0 Å². The zero-order valence-corrected chi connectivity index (χ0v) is 8.63. The van der Waals surface area contributed by atoms with E-state index in [-0.39, 0.29) is 5.84 Å². The van der Waals surface area contributed by atoms with Gasteiger partial charge in [0.2, 0.25) is 0 Å². The first-order chi connectivity index (χ1) is 7.49. The van der Waals surface area contributed by atoms with Crippen molar-refractivity contribution in [3.63, 3.8) is 0 Å². The predicted octanol–water partition coefficient (Wildman–Crippen LogP) is -0.639.